The molecule has 0 spiro atoms. The molecule has 0 bridgehead atoms. The van der Waals surface area contributed by atoms with Crippen LogP contribution in [-0.4, -0.2) is 27.5 Å². The van der Waals surface area contributed by atoms with Gasteiger partial charge in [-0.05, 0) is 24.6 Å². The molecule has 0 radical (unpaired) electrons. The van der Waals surface area contributed by atoms with E-state index < -0.39 is 25.7 Å². The van der Waals surface area contributed by atoms with Crippen LogP contribution < -0.4 is 5.32 Å². The summed E-state index contributed by atoms with van der Waals surface area (Å²) in [5.74, 6) is -1.48. The maximum atomic E-state index is 13.5. The van der Waals surface area contributed by atoms with Crippen LogP contribution in [0.2, 0.25) is 0 Å². The first-order valence-electron chi connectivity index (χ1n) is 5.46. The topological polar surface area (TPSA) is 72.5 Å². The lowest BCUT2D eigenvalue weighted by Gasteiger charge is -2.07. The van der Waals surface area contributed by atoms with Gasteiger partial charge in [-0.1, -0.05) is 6.92 Å². The van der Waals surface area contributed by atoms with E-state index in [0.717, 1.165) is 18.6 Å². The Bertz CT molecular complexity index is 562. The lowest BCUT2D eigenvalue weighted by atomic mass is 10.3. The van der Waals surface area contributed by atoms with Gasteiger partial charge in [-0.15, -0.1) is 0 Å². The second-order valence-corrected chi connectivity index (χ2v) is 6.22. The van der Waals surface area contributed by atoms with Crippen molar-refractivity contribution in [2.75, 3.05) is 18.5 Å². The lowest BCUT2D eigenvalue weighted by molar-refractivity contribution is -0.120. The molecule has 0 fully saturated rings. The summed E-state index contributed by atoms with van der Waals surface area (Å²) in [6.45, 7) is 2.20. The van der Waals surface area contributed by atoms with Crippen molar-refractivity contribution in [1.29, 1.82) is 0 Å². The molecule has 1 rings (SSSR count). The highest BCUT2D eigenvalue weighted by molar-refractivity contribution is 8.13. The second kappa shape index (κ2) is 6.83. The van der Waals surface area contributed by atoms with Gasteiger partial charge in [0.15, 0.2) is 0 Å². The molecule has 0 aliphatic rings. The average molecular weight is 310 g/mol. The molecule has 0 aliphatic carbocycles. The number of benzene rings is 1. The number of nitrogens with one attached hydrogen (secondary N) is 1. The Morgan fingerprint density at radius 3 is 2.68 bits per heavy atom. The molecule has 0 atom stereocenters. The Morgan fingerprint density at radius 1 is 1.47 bits per heavy atom. The van der Waals surface area contributed by atoms with Crippen LogP contribution in [0.3, 0.4) is 0 Å². The number of carbonyl (C=O) groups is 1. The van der Waals surface area contributed by atoms with Crippen molar-refractivity contribution < 1.29 is 22.3 Å². The largest absolute Gasteiger partial charge is 0.372 e. The molecular formula is C11H13ClFNO4S. The normalized spacial score (nSPS) is 11.3. The number of hydrogen-bond donors (Lipinski definition) is 1. The molecule has 0 heterocycles. The summed E-state index contributed by atoms with van der Waals surface area (Å²) in [4.78, 5) is 10.7. The number of ether oxygens (including phenoxy) is 1. The van der Waals surface area contributed by atoms with Crippen molar-refractivity contribution in [2.45, 2.75) is 18.2 Å². The zero-order valence-electron chi connectivity index (χ0n) is 10.2. The summed E-state index contributed by atoms with van der Waals surface area (Å²) in [6, 6.07) is 3.11. The summed E-state index contributed by atoms with van der Waals surface area (Å²) in [6.07, 6.45) is 0.782. The molecule has 19 heavy (non-hydrogen) atoms. The minimum atomic E-state index is -4.14. The predicted molar refractivity (Wildman–Crippen MR) is 69.2 cm³/mol. The molecule has 1 aromatic rings. The van der Waals surface area contributed by atoms with E-state index in [1.807, 2.05) is 6.92 Å². The Hall–Kier alpha value is -1.18. The first-order valence-corrected chi connectivity index (χ1v) is 7.77. The molecule has 106 valence electrons. The van der Waals surface area contributed by atoms with Gasteiger partial charge in [0.25, 0.3) is 9.05 Å². The molecular weight excluding hydrogens is 297 g/mol. The van der Waals surface area contributed by atoms with Gasteiger partial charge < -0.3 is 10.1 Å². The van der Waals surface area contributed by atoms with E-state index in [2.05, 4.69) is 5.32 Å². The van der Waals surface area contributed by atoms with E-state index in [-0.39, 0.29) is 12.3 Å². The Labute approximate surface area is 115 Å². The van der Waals surface area contributed by atoms with Crippen LogP contribution in [0.4, 0.5) is 10.1 Å². The highest BCUT2D eigenvalue weighted by Gasteiger charge is 2.16. The maximum Gasteiger partial charge on any atom is 0.264 e. The fourth-order valence-corrected chi connectivity index (χ4v) is 2.18. The molecule has 0 aliphatic heterocycles. The van der Waals surface area contributed by atoms with Gasteiger partial charge in [0.2, 0.25) is 5.91 Å². The number of anilines is 1. The summed E-state index contributed by atoms with van der Waals surface area (Å²) in [7, 11) is 0.895. The summed E-state index contributed by atoms with van der Waals surface area (Å²) in [5, 5.41) is 2.38. The number of halogens is 2. The highest BCUT2D eigenvalue weighted by Crippen LogP contribution is 2.21. The quantitative estimate of drug-likeness (QED) is 0.645. The van der Waals surface area contributed by atoms with E-state index in [1.54, 1.807) is 0 Å². The van der Waals surface area contributed by atoms with Crippen molar-refractivity contribution in [1.82, 2.24) is 0 Å². The summed E-state index contributed by atoms with van der Waals surface area (Å²) in [5.41, 5.74) is 0.131. The van der Waals surface area contributed by atoms with Crippen LogP contribution in [0, 0.1) is 5.82 Å². The minimum absolute atomic E-state index is 0.131. The van der Waals surface area contributed by atoms with E-state index >= 15 is 0 Å². The van der Waals surface area contributed by atoms with Gasteiger partial charge in [0.1, 0.15) is 17.3 Å². The smallest absolute Gasteiger partial charge is 0.264 e. The van der Waals surface area contributed by atoms with Crippen LogP contribution in [0.15, 0.2) is 23.1 Å². The van der Waals surface area contributed by atoms with E-state index in [1.165, 1.54) is 6.07 Å². The third kappa shape index (κ3) is 5.14. The van der Waals surface area contributed by atoms with E-state index in [4.69, 9.17) is 15.4 Å². The molecule has 0 saturated heterocycles. The maximum absolute atomic E-state index is 13.5. The minimum Gasteiger partial charge on any atom is -0.372 e. The first-order chi connectivity index (χ1) is 8.84. The van der Waals surface area contributed by atoms with Crippen molar-refractivity contribution >= 4 is 31.3 Å². The Morgan fingerprint density at radius 2 is 2.16 bits per heavy atom. The van der Waals surface area contributed by atoms with Crippen molar-refractivity contribution in [3.63, 3.8) is 0 Å². The molecule has 1 aromatic carbocycles. The standard InChI is InChI=1S/C11H13ClFNO4S/c1-2-5-18-7-11(15)14-8-3-4-10(9(13)6-8)19(12,16)17/h3-4,6H,2,5,7H2,1H3,(H,14,15). The van der Waals surface area contributed by atoms with Gasteiger partial charge >= 0.3 is 0 Å². The fraction of sp³-hybridized carbons (Fsp3) is 0.364. The van der Waals surface area contributed by atoms with Gasteiger partial charge in [0.05, 0.1) is 0 Å². The monoisotopic (exact) mass is 309 g/mol. The zero-order valence-corrected chi connectivity index (χ0v) is 11.7. The molecule has 0 aromatic heterocycles. The highest BCUT2D eigenvalue weighted by atomic mass is 35.7. The molecule has 8 heteroatoms. The molecule has 1 amide bonds. The van der Waals surface area contributed by atoms with Crippen molar-refractivity contribution in [2.24, 2.45) is 0 Å². The van der Waals surface area contributed by atoms with Crippen molar-refractivity contribution in [3.8, 4) is 0 Å². The molecule has 5 nitrogen and oxygen atoms in total. The second-order valence-electron chi connectivity index (χ2n) is 3.68. The fourth-order valence-electron chi connectivity index (χ4n) is 1.28. The third-order valence-corrected chi connectivity index (χ3v) is 3.42. The summed E-state index contributed by atoms with van der Waals surface area (Å²) < 4.78 is 40.4. The lowest BCUT2D eigenvalue weighted by Crippen LogP contribution is -2.18. The first kappa shape index (κ1) is 15.9. The van der Waals surface area contributed by atoms with Gasteiger partial charge in [0, 0.05) is 23.0 Å². The van der Waals surface area contributed by atoms with Crippen LogP contribution in [-0.2, 0) is 18.6 Å². The Kier molecular flexibility index (Phi) is 5.71. The van der Waals surface area contributed by atoms with E-state index in [9.17, 15) is 17.6 Å². The molecule has 0 saturated carbocycles. The van der Waals surface area contributed by atoms with Gasteiger partial charge in [-0.3, -0.25) is 4.79 Å². The van der Waals surface area contributed by atoms with E-state index in [0.29, 0.717) is 6.61 Å². The van der Waals surface area contributed by atoms with Crippen LogP contribution in [0.25, 0.3) is 0 Å². The molecule has 0 unspecified atom stereocenters. The number of amides is 1. The van der Waals surface area contributed by atoms with Crippen LogP contribution in [0.5, 0.6) is 0 Å². The van der Waals surface area contributed by atoms with Crippen LogP contribution >= 0.6 is 10.7 Å². The third-order valence-electron chi connectivity index (χ3n) is 2.06. The SMILES string of the molecule is CCCOCC(=O)Nc1ccc(S(=O)(=O)Cl)c(F)c1. The van der Waals surface area contributed by atoms with Crippen molar-refractivity contribution in [3.05, 3.63) is 24.0 Å². The summed E-state index contributed by atoms with van der Waals surface area (Å²) >= 11 is 0. The zero-order chi connectivity index (χ0) is 14.5. The average Bonchev–Trinajstić information content (AvgIpc) is 2.27. The number of rotatable bonds is 6. The van der Waals surface area contributed by atoms with Gasteiger partial charge in [-0.2, -0.15) is 0 Å². The van der Waals surface area contributed by atoms with Gasteiger partial charge in [-0.25, -0.2) is 12.8 Å². The number of carbonyl (C=O) groups excluding carboxylic acids is 1. The number of hydrogen-bond acceptors (Lipinski definition) is 4. The van der Waals surface area contributed by atoms with Crippen LogP contribution in [0.1, 0.15) is 13.3 Å². The molecule has 1 N–H and O–H groups in total. The predicted octanol–water partition coefficient (Wildman–Crippen LogP) is 2.12. The Balaban J connectivity index is 2.72.